The molecule has 3 nitrogen and oxygen atoms in total. The monoisotopic (exact) mass is 325 g/mol. The van der Waals surface area contributed by atoms with Gasteiger partial charge in [0.15, 0.2) is 5.16 Å². The van der Waals surface area contributed by atoms with Crippen LogP contribution in [0.1, 0.15) is 5.56 Å². The van der Waals surface area contributed by atoms with Gasteiger partial charge in [-0.1, -0.05) is 54.2 Å². The minimum Gasteiger partial charge on any atom is -0.366 e. The number of thioether (sulfide) groups is 1. The Bertz CT molecular complexity index is 776. The zero-order valence-corrected chi connectivity index (χ0v) is 13.5. The fraction of sp³-hybridized carbons (Fsp3) is 0.111. The molecule has 0 aliphatic heterocycles. The number of hydrogen-bond donors (Lipinski definition) is 1. The molecule has 1 N–H and O–H groups in total. The molecular weight excluding hydrogens is 309 g/mol. The van der Waals surface area contributed by atoms with Gasteiger partial charge in [0.2, 0.25) is 0 Å². The highest BCUT2D eigenvalue weighted by atomic mass is 32.2. The summed E-state index contributed by atoms with van der Waals surface area (Å²) in [4.78, 5) is 9.03. The lowest BCUT2D eigenvalue weighted by Crippen LogP contribution is -2.03. The zero-order chi connectivity index (χ0) is 16.1. The van der Waals surface area contributed by atoms with Crippen molar-refractivity contribution < 1.29 is 4.39 Å². The van der Waals surface area contributed by atoms with E-state index in [-0.39, 0.29) is 5.82 Å². The van der Waals surface area contributed by atoms with Crippen molar-refractivity contribution in [2.75, 3.05) is 11.6 Å². The summed E-state index contributed by atoms with van der Waals surface area (Å²) in [6.07, 6.45) is 1.95. The summed E-state index contributed by atoms with van der Waals surface area (Å²) in [5.74, 6) is 0.527. The summed E-state index contributed by atoms with van der Waals surface area (Å²) in [6.45, 7) is 0.583. The highest BCUT2D eigenvalue weighted by Crippen LogP contribution is 2.23. The molecule has 1 heterocycles. The van der Waals surface area contributed by atoms with Gasteiger partial charge >= 0.3 is 0 Å². The molecule has 2 aromatic carbocycles. The van der Waals surface area contributed by atoms with E-state index in [9.17, 15) is 4.39 Å². The van der Waals surface area contributed by atoms with Crippen LogP contribution in [0.5, 0.6) is 0 Å². The second kappa shape index (κ2) is 7.24. The van der Waals surface area contributed by atoms with E-state index in [0.717, 1.165) is 22.6 Å². The number of rotatable bonds is 5. The minimum atomic E-state index is -0.230. The number of hydrogen-bond acceptors (Lipinski definition) is 4. The number of nitrogens with zero attached hydrogens (tertiary/aromatic N) is 2. The van der Waals surface area contributed by atoms with E-state index in [4.69, 9.17) is 0 Å². The Kier molecular flexibility index (Phi) is 4.88. The van der Waals surface area contributed by atoms with E-state index in [1.54, 1.807) is 12.1 Å². The standard InChI is InChI=1S/C18H16FN3S/c1-23-18-21-16(14-5-3-2-4-6-14)11-17(22-18)20-12-13-7-9-15(19)10-8-13/h2-11H,12H2,1H3,(H,20,21,22). The SMILES string of the molecule is CSc1nc(NCc2ccc(F)cc2)cc(-c2ccccc2)n1. The fourth-order valence-electron chi connectivity index (χ4n) is 2.16. The molecule has 0 amide bonds. The first kappa shape index (κ1) is 15.5. The zero-order valence-electron chi connectivity index (χ0n) is 12.7. The van der Waals surface area contributed by atoms with Crippen molar-refractivity contribution in [1.29, 1.82) is 0 Å². The molecule has 0 aliphatic rings. The van der Waals surface area contributed by atoms with E-state index in [1.165, 1.54) is 23.9 Å². The predicted octanol–water partition coefficient (Wildman–Crippen LogP) is 4.62. The van der Waals surface area contributed by atoms with Crippen LogP contribution >= 0.6 is 11.8 Å². The van der Waals surface area contributed by atoms with Crippen LogP contribution in [0.25, 0.3) is 11.3 Å². The van der Waals surface area contributed by atoms with Gasteiger partial charge in [0.25, 0.3) is 0 Å². The number of halogens is 1. The topological polar surface area (TPSA) is 37.8 Å². The lowest BCUT2D eigenvalue weighted by Gasteiger charge is -2.09. The van der Waals surface area contributed by atoms with Crippen LogP contribution in [0.2, 0.25) is 0 Å². The van der Waals surface area contributed by atoms with Gasteiger partial charge < -0.3 is 5.32 Å². The normalized spacial score (nSPS) is 10.5. The molecule has 0 radical (unpaired) electrons. The van der Waals surface area contributed by atoms with Gasteiger partial charge in [-0.3, -0.25) is 0 Å². The molecule has 0 saturated carbocycles. The van der Waals surface area contributed by atoms with Gasteiger partial charge in [-0.15, -0.1) is 0 Å². The van der Waals surface area contributed by atoms with E-state index in [1.807, 2.05) is 42.7 Å². The summed E-state index contributed by atoms with van der Waals surface area (Å²) in [5.41, 5.74) is 2.93. The summed E-state index contributed by atoms with van der Waals surface area (Å²) < 4.78 is 12.9. The molecule has 1 aromatic heterocycles. The molecule has 23 heavy (non-hydrogen) atoms. The molecule has 5 heteroatoms. The van der Waals surface area contributed by atoms with Crippen LogP contribution in [0, 0.1) is 5.82 Å². The van der Waals surface area contributed by atoms with Crippen LogP contribution in [0.4, 0.5) is 10.2 Å². The van der Waals surface area contributed by atoms with Crippen LogP contribution in [0.3, 0.4) is 0 Å². The average Bonchev–Trinajstić information content (AvgIpc) is 2.61. The maximum Gasteiger partial charge on any atom is 0.189 e. The third kappa shape index (κ3) is 4.07. The lowest BCUT2D eigenvalue weighted by molar-refractivity contribution is 0.627. The summed E-state index contributed by atoms with van der Waals surface area (Å²) >= 11 is 1.50. The van der Waals surface area contributed by atoms with Crippen molar-refractivity contribution in [3.8, 4) is 11.3 Å². The molecule has 3 aromatic rings. The predicted molar refractivity (Wildman–Crippen MR) is 93.0 cm³/mol. The van der Waals surface area contributed by atoms with Crippen LogP contribution in [-0.4, -0.2) is 16.2 Å². The molecule has 0 fully saturated rings. The number of nitrogens with one attached hydrogen (secondary N) is 1. The molecule has 0 saturated heterocycles. The molecule has 0 spiro atoms. The van der Waals surface area contributed by atoms with Crippen molar-refractivity contribution in [1.82, 2.24) is 9.97 Å². The average molecular weight is 325 g/mol. The Labute approximate surface area is 139 Å². The minimum absolute atomic E-state index is 0.230. The summed E-state index contributed by atoms with van der Waals surface area (Å²) in [5, 5.41) is 3.99. The maximum absolute atomic E-state index is 12.9. The van der Waals surface area contributed by atoms with Crippen molar-refractivity contribution >= 4 is 17.6 Å². The Hall–Kier alpha value is -2.40. The van der Waals surface area contributed by atoms with Crippen molar-refractivity contribution in [2.45, 2.75) is 11.7 Å². The fourth-order valence-corrected chi connectivity index (χ4v) is 2.54. The molecule has 0 atom stereocenters. The Morgan fingerprint density at radius 1 is 1.00 bits per heavy atom. The second-order valence-electron chi connectivity index (χ2n) is 4.97. The Balaban J connectivity index is 1.82. The van der Waals surface area contributed by atoms with Crippen LogP contribution in [-0.2, 0) is 6.54 Å². The van der Waals surface area contributed by atoms with E-state index in [0.29, 0.717) is 11.7 Å². The third-order valence-corrected chi connectivity index (χ3v) is 3.89. The second-order valence-corrected chi connectivity index (χ2v) is 5.74. The summed E-state index contributed by atoms with van der Waals surface area (Å²) in [6, 6.07) is 18.4. The molecule has 0 unspecified atom stereocenters. The summed E-state index contributed by atoms with van der Waals surface area (Å²) in [7, 11) is 0. The molecular formula is C18H16FN3S. The molecule has 0 bridgehead atoms. The highest BCUT2D eigenvalue weighted by molar-refractivity contribution is 7.98. The lowest BCUT2D eigenvalue weighted by atomic mass is 10.1. The molecule has 0 aliphatic carbocycles. The highest BCUT2D eigenvalue weighted by Gasteiger charge is 2.06. The van der Waals surface area contributed by atoms with Gasteiger partial charge in [0.05, 0.1) is 5.69 Å². The Morgan fingerprint density at radius 2 is 1.74 bits per heavy atom. The Morgan fingerprint density at radius 3 is 2.43 bits per heavy atom. The quantitative estimate of drug-likeness (QED) is 0.549. The maximum atomic E-state index is 12.9. The third-order valence-electron chi connectivity index (χ3n) is 3.34. The van der Waals surface area contributed by atoms with E-state index < -0.39 is 0 Å². The number of benzene rings is 2. The van der Waals surface area contributed by atoms with Gasteiger partial charge in [-0.2, -0.15) is 0 Å². The largest absolute Gasteiger partial charge is 0.366 e. The van der Waals surface area contributed by atoms with Crippen molar-refractivity contribution in [2.24, 2.45) is 0 Å². The van der Waals surface area contributed by atoms with Crippen LogP contribution < -0.4 is 5.32 Å². The molecule has 116 valence electrons. The van der Waals surface area contributed by atoms with Crippen LogP contribution in [0.15, 0.2) is 65.8 Å². The first-order chi connectivity index (χ1) is 11.2. The van der Waals surface area contributed by atoms with Gasteiger partial charge in [-0.25, -0.2) is 14.4 Å². The van der Waals surface area contributed by atoms with Gasteiger partial charge in [-0.05, 0) is 24.0 Å². The van der Waals surface area contributed by atoms with E-state index >= 15 is 0 Å². The first-order valence-corrected chi connectivity index (χ1v) is 8.44. The first-order valence-electron chi connectivity index (χ1n) is 7.21. The van der Waals surface area contributed by atoms with Gasteiger partial charge in [0, 0.05) is 18.2 Å². The van der Waals surface area contributed by atoms with E-state index in [2.05, 4.69) is 15.3 Å². The van der Waals surface area contributed by atoms with Crippen molar-refractivity contribution in [3.05, 3.63) is 72.0 Å². The molecule has 3 rings (SSSR count). The number of aromatic nitrogens is 2. The smallest absolute Gasteiger partial charge is 0.189 e. The number of anilines is 1. The van der Waals surface area contributed by atoms with Gasteiger partial charge in [0.1, 0.15) is 11.6 Å². The van der Waals surface area contributed by atoms with Crippen molar-refractivity contribution in [3.63, 3.8) is 0 Å².